The summed E-state index contributed by atoms with van der Waals surface area (Å²) in [5.41, 5.74) is 0.846. The first-order valence-electron chi connectivity index (χ1n) is 8.03. The van der Waals surface area contributed by atoms with Crippen LogP contribution in [0.4, 0.5) is 36.4 Å². The second-order valence-electron chi connectivity index (χ2n) is 5.91. The lowest BCUT2D eigenvalue weighted by Gasteiger charge is -2.27. The Morgan fingerprint density at radius 1 is 1.06 bits per heavy atom. The molecule has 0 amide bonds. The molecule has 0 saturated heterocycles. The zero-order chi connectivity index (χ0) is 23.4. The number of hydrazone groups is 1. The Kier molecular flexibility index (Phi) is 7.14. The molecule has 0 aliphatic heterocycles. The van der Waals surface area contributed by atoms with E-state index in [1.165, 1.54) is 42.5 Å². The molecule has 2 aromatic carbocycles. The summed E-state index contributed by atoms with van der Waals surface area (Å²) in [4.78, 5) is 10.0. The third kappa shape index (κ3) is 5.83. The first-order valence-corrected chi connectivity index (χ1v) is 8.82. The van der Waals surface area contributed by atoms with Crippen LogP contribution in [-0.4, -0.2) is 29.3 Å². The van der Waals surface area contributed by atoms with Crippen LogP contribution in [0.3, 0.4) is 0 Å². The number of rotatable bonds is 8. The SMILES string of the molecule is O=[N+]([O-])c1ccc(COc2ccc(Br)cc2/C=N/NC(F)(F)C(F)(F)C(F)(F)F)cc1. The van der Waals surface area contributed by atoms with Crippen LogP contribution in [0, 0.1) is 10.1 Å². The van der Waals surface area contributed by atoms with Gasteiger partial charge in [-0.1, -0.05) is 15.9 Å². The largest absolute Gasteiger partial charge is 0.488 e. The molecule has 168 valence electrons. The van der Waals surface area contributed by atoms with Crippen molar-refractivity contribution in [1.29, 1.82) is 0 Å². The average molecular weight is 518 g/mol. The van der Waals surface area contributed by atoms with Crippen LogP contribution >= 0.6 is 15.9 Å². The van der Waals surface area contributed by atoms with E-state index in [1.807, 2.05) is 0 Å². The number of halogens is 8. The monoisotopic (exact) mass is 517 g/mol. The van der Waals surface area contributed by atoms with Gasteiger partial charge in [0.15, 0.2) is 0 Å². The highest BCUT2D eigenvalue weighted by Gasteiger charge is 2.73. The van der Waals surface area contributed by atoms with Crippen LogP contribution in [0.5, 0.6) is 5.75 Å². The highest BCUT2D eigenvalue weighted by molar-refractivity contribution is 9.10. The van der Waals surface area contributed by atoms with Crippen LogP contribution in [-0.2, 0) is 6.61 Å². The predicted molar refractivity (Wildman–Crippen MR) is 98.2 cm³/mol. The minimum absolute atomic E-state index is 0.0259. The third-order valence-electron chi connectivity index (χ3n) is 3.67. The van der Waals surface area contributed by atoms with Crippen LogP contribution in [0.1, 0.15) is 11.1 Å². The minimum atomic E-state index is -6.49. The van der Waals surface area contributed by atoms with E-state index >= 15 is 0 Å². The van der Waals surface area contributed by atoms with Gasteiger partial charge in [0.1, 0.15) is 12.4 Å². The fourth-order valence-electron chi connectivity index (χ4n) is 2.06. The van der Waals surface area contributed by atoms with Gasteiger partial charge in [0.05, 0.1) is 11.1 Å². The van der Waals surface area contributed by atoms with Gasteiger partial charge in [0, 0.05) is 22.2 Å². The van der Waals surface area contributed by atoms with Gasteiger partial charge in [0.2, 0.25) is 0 Å². The lowest BCUT2D eigenvalue weighted by Crippen LogP contribution is -2.58. The number of alkyl halides is 7. The van der Waals surface area contributed by atoms with Crippen molar-refractivity contribution in [1.82, 2.24) is 5.43 Å². The number of nitrogens with one attached hydrogen (secondary N) is 1. The van der Waals surface area contributed by atoms with Crippen molar-refractivity contribution < 1.29 is 40.4 Å². The quantitative estimate of drug-likeness (QED) is 0.161. The first kappa shape index (κ1) is 24.4. The molecule has 0 radical (unpaired) electrons. The van der Waals surface area contributed by atoms with Crippen molar-refractivity contribution in [3.63, 3.8) is 0 Å². The van der Waals surface area contributed by atoms with Crippen molar-refractivity contribution >= 4 is 27.8 Å². The molecule has 6 nitrogen and oxygen atoms in total. The summed E-state index contributed by atoms with van der Waals surface area (Å²) < 4.78 is 94.6. The second-order valence-corrected chi connectivity index (χ2v) is 6.83. The smallest absolute Gasteiger partial charge is 0.462 e. The van der Waals surface area contributed by atoms with Gasteiger partial charge < -0.3 is 4.74 Å². The van der Waals surface area contributed by atoms with Gasteiger partial charge in [-0.25, -0.2) is 5.43 Å². The van der Waals surface area contributed by atoms with Gasteiger partial charge >= 0.3 is 18.1 Å². The van der Waals surface area contributed by atoms with Crippen LogP contribution in [0.15, 0.2) is 52.0 Å². The average Bonchev–Trinajstić information content (AvgIpc) is 2.66. The van der Waals surface area contributed by atoms with Crippen molar-refractivity contribution in [3.05, 3.63) is 68.2 Å². The van der Waals surface area contributed by atoms with Gasteiger partial charge in [-0.2, -0.15) is 35.8 Å². The predicted octanol–water partition coefficient (Wildman–Crippen LogP) is 5.65. The molecule has 0 unspecified atom stereocenters. The van der Waals surface area contributed by atoms with Crippen LogP contribution in [0.2, 0.25) is 0 Å². The van der Waals surface area contributed by atoms with Crippen molar-refractivity contribution in [2.45, 2.75) is 24.8 Å². The van der Waals surface area contributed by atoms with Crippen molar-refractivity contribution in [3.8, 4) is 5.75 Å². The van der Waals surface area contributed by atoms with E-state index in [1.54, 1.807) is 0 Å². The van der Waals surface area contributed by atoms with Crippen LogP contribution in [0.25, 0.3) is 0 Å². The highest BCUT2D eigenvalue weighted by atomic mass is 79.9. The van der Waals surface area contributed by atoms with E-state index in [0.717, 1.165) is 0 Å². The summed E-state index contributed by atoms with van der Waals surface area (Å²) in [6.07, 6.45) is -5.91. The third-order valence-corrected chi connectivity index (χ3v) is 4.17. The fraction of sp³-hybridized carbons (Fsp3) is 0.235. The number of hydrogen-bond donors (Lipinski definition) is 1. The van der Waals surface area contributed by atoms with Gasteiger partial charge in [-0.05, 0) is 35.9 Å². The number of ether oxygens (including phenoxy) is 1. The van der Waals surface area contributed by atoms with E-state index in [9.17, 15) is 40.8 Å². The molecule has 0 heterocycles. The number of nitro groups is 1. The maximum absolute atomic E-state index is 13.3. The topological polar surface area (TPSA) is 76.8 Å². The molecule has 0 saturated carbocycles. The summed E-state index contributed by atoms with van der Waals surface area (Å²) in [5, 5.41) is 13.4. The summed E-state index contributed by atoms with van der Waals surface area (Å²) in [7, 11) is 0. The zero-order valence-corrected chi connectivity index (χ0v) is 16.6. The molecule has 0 aliphatic carbocycles. The molecule has 2 aromatic rings. The van der Waals surface area contributed by atoms with E-state index in [4.69, 9.17) is 4.74 Å². The Bertz CT molecular complexity index is 966. The summed E-state index contributed by atoms with van der Waals surface area (Å²) in [6, 6.07) is 3.72. The molecule has 0 bridgehead atoms. The van der Waals surface area contributed by atoms with Crippen LogP contribution < -0.4 is 10.2 Å². The highest BCUT2D eigenvalue weighted by Crippen LogP contribution is 2.45. The van der Waals surface area contributed by atoms with E-state index in [2.05, 4.69) is 21.0 Å². The maximum atomic E-state index is 13.3. The lowest BCUT2D eigenvalue weighted by molar-refractivity contribution is -0.384. The van der Waals surface area contributed by atoms with Crippen molar-refractivity contribution in [2.24, 2.45) is 5.10 Å². The standard InChI is InChI=1S/C17H11BrF7N3O3/c18-12-3-6-14(31-9-10-1-4-13(5-2-10)28(29)30)11(7-12)8-26-27-17(24,25)15(19,20)16(21,22)23/h1-8,27H,9H2/b26-8+. The summed E-state index contributed by atoms with van der Waals surface area (Å²) in [5.74, 6) is -6.33. The van der Waals surface area contributed by atoms with Crippen molar-refractivity contribution in [2.75, 3.05) is 0 Å². The first-order chi connectivity index (χ1) is 14.2. The number of nitro benzene ring substituents is 1. The molecular formula is C17H11BrF7N3O3. The van der Waals surface area contributed by atoms with E-state index in [0.29, 0.717) is 21.7 Å². The molecule has 0 atom stereocenters. The molecular weight excluding hydrogens is 507 g/mol. The van der Waals surface area contributed by atoms with E-state index < -0.39 is 23.1 Å². The zero-order valence-electron chi connectivity index (χ0n) is 15.0. The fourth-order valence-corrected chi connectivity index (χ4v) is 2.44. The Balaban J connectivity index is 2.15. The lowest BCUT2D eigenvalue weighted by atomic mass is 10.2. The second kappa shape index (κ2) is 9.08. The Morgan fingerprint density at radius 3 is 2.23 bits per heavy atom. The number of benzene rings is 2. The summed E-state index contributed by atoms with van der Waals surface area (Å²) >= 11 is 3.08. The van der Waals surface area contributed by atoms with Gasteiger partial charge in [-0.3, -0.25) is 10.1 Å². The Hall–Kier alpha value is -2.90. The van der Waals surface area contributed by atoms with Gasteiger partial charge in [0.25, 0.3) is 5.69 Å². The normalized spacial score (nSPS) is 12.8. The molecule has 0 fully saturated rings. The Morgan fingerprint density at radius 2 is 1.68 bits per heavy atom. The molecule has 2 rings (SSSR count). The molecule has 31 heavy (non-hydrogen) atoms. The molecule has 1 N–H and O–H groups in total. The number of nitrogens with zero attached hydrogens (tertiary/aromatic N) is 2. The number of hydrogen-bond acceptors (Lipinski definition) is 5. The number of non-ortho nitro benzene ring substituents is 1. The summed E-state index contributed by atoms with van der Waals surface area (Å²) in [6.45, 7) is -0.115. The molecule has 0 aliphatic rings. The molecule has 0 aromatic heterocycles. The van der Waals surface area contributed by atoms with Gasteiger partial charge in [-0.15, -0.1) is 0 Å². The maximum Gasteiger partial charge on any atom is 0.462 e. The van der Waals surface area contributed by atoms with E-state index in [-0.39, 0.29) is 23.6 Å². The Labute approximate surface area is 178 Å². The molecule has 14 heteroatoms. The molecule has 0 spiro atoms. The minimum Gasteiger partial charge on any atom is -0.488 e.